The van der Waals surface area contributed by atoms with Crippen LogP contribution in [0.5, 0.6) is 0 Å². The number of hydrogen-bond donors (Lipinski definition) is 2. The fourth-order valence-corrected chi connectivity index (χ4v) is 3.29. The Kier molecular flexibility index (Phi) is 5.91. The van der Waals surface area contributed by atoms with E-state index >= 15 is 0 Å². The highest BCUT2D eigenvalue weighted by Crippen LogP contribution is 2.26. The van der Waals surface area contributed by atoms with Gasteiger partial charge in [0, 0.05) is 11.8 Å². The zero-order valence-corrected chi connectivity index (χ0v) is 13.0. The van der Waals surface area contributed by atoms with E-state index in [0.29, 0.717) is 11.7 Å². The molecule has 0 radical (unpaired) electrons. The smallest absolute Gasteiger partial charge is 0.242 e. The van der Waals surface area contributed by atoms with Crippen molar-refractivity contribution in [3.05, 3.63) is 23.0 Å². The first-order valence-electron chi connectivity index (χ1n) is 5.55. The van der Waals surface area contributed by atoms with E-state index in [9.17, 15) is 12.8 Å². The summed E-state index contributed by atoms with van der Waals surface area (Å²) in [7, 11) is -3.77. The van der Waals surface area contributed by atoms with Gasteiger partial charge in [0.15, 0.2) is 0 Å². The number of rotatable bonds is 6. The molecule has 4 nitrogen and oxygen atoms in total. The molecule has 1 aromatic carbocycles. The summed E-state index contributed by atoms with van der Waals surface area (Å²) in [6.45, 7) is 2.29. The number of nitrogen functional groups attached to an aromatic ring is 1. The van der Waals surface area contributed by atoms with E-state index in [4.69, 9.17) is 17.3 Å². The quantitative estimate of drug-likeness (QED) is 0.788. The number of halogens is 2. The predicted octanol–water partition coefficient (Wildman–Crippen LogP) is 2.48. The molecule has 0 saturated heterocycles. The lowest BCUT2D eigenvalue weighted by Gasteiger charge is -2.11. The van der Waals surface area contributed by atoms with Gasteiger partial charge in [0.2, 0.25) is 10.0 Å². The van der Waals surface area contributed by atoms with Gasteiger partial charge in [0.1, 0.15) is 10.7 Å². The van der Waals surface area contributed by atoms with E-state index in [-0.39, 0.29) is 22.2 Å². The lowest BCUT2D eigenvalue weighted by Crippen LogP contribution is -2.26. The molecule has 1 aromatic rings. The fourth-order valence-electron chi connectivity index (χ4n) is 1.34. The molecule has 3 N–H and O–H groups in total. The third kappa shape index (κ3) is 4.52. The summed E-state index contributed by atoms with van der Waals surface area (Å²) in [6.07, 6.45) is 2.64. The van der Waals surface area contributed by atoms with Crippen LogP contribution >= 0.6 is 23.4 Å². The average molecular weight is 327 g/mol. The van der Waals surface area contributed by atoms with E-state index in [1.165, 1.54) is 0 Å². The Bertz CT molecular complexity index is 552. The van der Waals surface area contributed by atoms with Gasteiger partial charge in [0.05, 0.1) is 10.7 Å². The largest absolute Gasteiger partial charge is 0.396 e. The van der Waals surface area contributed by atoms with Gasteiger partial charge in [0.25, 0.3) is 0 Å². The van der Waals surface area contributed by atoms with Gasteiger partial charge in [-0.3, -0.25) is 0 Å². The molecule has 8 heteroatoms. The molecule has 1 unspecified atom stereocenters. The molecule has 108 valence electrons. The lowest BCUT2D eigenvalue weighted by molar-refractivity contribution is 0.578. The van der Waals surface area contributed by atoms with Crippen molar-refractivity contribution in [3.63, 3.8) is 0 Å². The van der Waals surface area contributed by atoms with E-state index in [1.54, 1.807) is 11.8 Å². The van der Waals surface area contributed by atoms with Crippen molar-refractivity contribution in [1.29, 1.82) is 0 Å². The van der Waals surface area contributed by atoms with Crippen LogP contribution in [0.3, 0.4) is 0 Å². The van der Waals surface area contributed by atoms with Crippen LogP contribution in [0.4, 0.5) is 10.1 Å². The minimum absolute atomic E-state index is 0.183. The fraction of sp³-hybridized carbons (Fsp3) is 0.455. The summed E-state index contributed by atoms with van der Waals surface area (Å²) in [5.41, 5.74) is 5.11. The highest BCUT2D eigenvalue weighted by atomic mass is 35.5. The Hall–Kier alpha value is -0.500. The van der Waals surface area contributed by atoms with Crippen molar-refractivity contribution < 1.29 is 12.8 Å². The van der Waals surface area contributed by atoms with Crippen LogP contribution in [0.1, 0.15) is 13.3 Å². The van der Waals surface area contributed by atoms with E-state index in [1.807, 2.05) is 13.2 Å². The van der Waals surface area contributed by atoms with Crippen LogP contribution < -0.4 is 10.5 Å². The molecule has 0 heterocycles. The second kappa shape index (κ2) is 6.78. The van der Waals surface area contributed by atoms with Gasteiger partial charge in [-0.05, 0) is 24.8 Å². The second-order valence-corrected chi connectivity index (χ2v) is 7.46. The monoisotopic (exact) mass is 326 g/mol. The van der Waals surface area contributed by atoms with Crippen molar-refractivity contribution in [2.75, 3.05) is 18.5 Å². The Morgan fingerprint density at radius 1 is 1.53 bits per heavy atom. The van der Waals surface area contributed by atoms with Crippen molar-refractivity contribution in [1.82, 2.24) is 4.72 Å². The zero-order chi connectivity index (χ0) is 14.6. The summed E-state index contributed by atoms with van der Waals surface area (Å²) < 4.78 is 39.6. The molecule has 1 rings (SSSR count). The third-order valence-corrected chi connectivity index (χ3v) is 5.55. The minimum atomic E-state index is -3.77. The number of sulfonamides is 1. The molecule has 0 amide bonds. The maximum absolute atomic E-state index is 13.1. The van der Waals surface area contributed by atoms with Gasteiger partial charge >= 0.3 is 0 Å². The first kappa shape index (κ1) is 16.6. The Balaban J connectivity index is 2.86. The Morgan fingerprint density at radius 3 is 2.74 bits per heavy atom. The van der Waals surface area contributed by atoms with E-state index < -0.39 is 15.8 Å². The highest BCUT2D eigenvalue weighted by Gasteiger charge is 2.19. The molecule has 19 heavy (non-hydrogen) atoms. The molecule has 0 saturated carbocycles. The average Bonchev–Trinajstić information content (AvgIpc) is 2.33. The van der Waals surface area contributed by atoms with Crippen LogP contribution in [-0.2, 0) is 10.0 Å². The predicted molar refractivity (Wildman–Crippen MR) is 78.6 cm³/mol. The molecule has 0 fully saturated rings. The molecule has 0 aliphatic carbocycles. The second-order valence-electron chi connectivity index (χ2n) is 4.04. The van der Waals surface area contributed by atoms with Crippen molar-refractivity contribution in [3.8, 4) is 0 Å². The zero-order valence-electron chi connectivity index (χ0n) is 10.6. The maximum Gasteiger partial charge on any atom is 0.242 e. The molecule has 0 bridgehead atoms. The SMILES string of the molecule is CSC(C)CCNS(=O)(=O)c1cc(N)c(F)cc1Cl. The first-order valence-corrected chi connectivity index (χ1v) is 8.70. The van der Waals surface area contributed by atoms with Gasteiger partial charge in [-0.15, -0.1) is 0 Å². The van der Waals surface area contributed by atoms with Crippen LogP contribution in [-0.4, -0.2) is 26.5 Å². The number of anilines is 1. The summed E-state index contributed by atoms with van der Waals surface area (Å²) in [5, 5.41) is 0.161. The molecular formula is C11H16ClFN2O2S2. The number of hydrogen-bond acceptors (Lipinski definition) is 4. The first-order chi connectivity index (χ1) is 8.77. The number of nitrogens with two attached hydrogens (primary N) is 1. The standard InChI is InChI=1S/C11H16ClFN2O2S2/c1-7(18-2)3-4-15-19(16,17)11-6-10(14)9(13)5-8(11)12/h5-7,15H,3-4,14H2,1-2H3. The highest BCUT2D eigenvalue weighted by molar-refractivity contribution is 7.99. The Labute approximate surface area is 121 Å². The van der Waals surface area contributed by atoms with Crippen molar-refractivity contribution >= 4 is 39.1 Å². The number of benzene rings is 1. The van der Waals surface area contributed by atoms with Gasteiger partial charge in [-0.1, -0.05) is 18.5 Å². The summed E-state index contributed by atoms with van der Waals surface area (Å²) >= 11 is 7.38. The molecule has 0 aromatic heterocycles. The third-order valence-electron chi connectivity index (χ3n) is 2.59. The summed E-state index contributed by atoms with van der Waals surface area (Å²) in [4.78, 5) is -0.204. The van der Waals surface area contributed by atoms with Crippen LogP contribution in [0.15, 0.2) is 17.0 Å². The van der Waals surface area contributed by atoms with Gasteiger partial charge < -0.3 is 5.73 Å². The molecule has 1 atom stereocenters. The van der Waals surface area contributed by atoms with Gasteiger partial charge in [-0.25, -0.2) is 17.5 Å². The number of thioether (sulfide) groups is 1. The van der Waals surface area contributed by atoms with Crippen LogP contribution in [0.2, 0.25) is 5.02 Å². The minimum Gasteiger partial charge on any atom is -0.396 e. The molecule has 0 aliphatic rings. The number of nitrogens with one attached hydrogen (secondary N) is 1. The molecular weight excluding hydrogens is 311 g/mol. The van der Waals surface area contributed by atoms with Gasteiger partial charge in [-0.2, -0.15) is 11.8 Å². The topological polar surface area (TPSA) is 72.2 Å². The summed E-state index contributed by atoms with van der Waals surface area (Å²) in [6, 6.07) is 1.92. The van der Waals surface area contributed by atoms with Crippen molar-refractivity contribution in [2.24, 2.45) is 0 Å². The molecule has 0 aliphatic heterocycles. The molecule has 0 spiro atoms. The van der Waals surface area contributed by atoms with Crippen LogP contribution in [0.25, 0.3) is 0 Å². The normalized spacial score (nSPS) is 13.5. The van der Waals surface area contributed by atoms with Crippen LogP contribution in [0, 0.1) is 5.82 Å². The lowest BCUT2D eigenvalue weighted by atomic mass is 10.3. The maximum atomic E-state index is 13.1. The summed E-state index contributed by atoms with van der Waals surface area (Å²) in [5.74, 6) is -0.736. The van der Waals surface area contributed by atoms with E-state index in [2.05, 4.69) is 4.72 Å². The Morgan fingerprint density at radius 2 is 2.16 bits per heavy atom. The van der Waals surface area contributed by atoms with Crippen molar-refractivity contribution in [2.45, 2.75) is 23.5 Å². The van der Waals surface area contributed by atoms with E-state index in [0.717, 1.165) is 12.1 Å².